The minimum Gasteiger partial charge on any atom is -0.420 e. The molecule has 1 aliphatic heterocycles. The Balaban J connectivity index is 1.51. The fourth-order valence-corrected chi connectivity index (χ4v) is 4.00. The lowest BCUT2D eigenvalue weighted by Crippen LogP contribution is -2.36. The molecule has 0 aliphatic carbocycles. The molecule has 200 valence electrons. The molecule has 12 heteroatoms. The highest BCUT2D eigenvalue weighted by atomic mass is 19.4. The first kappa shape index (κ1) is 27.0. The number of amides is 1. The van der Waals surface area contributed by atoms with Crippen LogP contribution >= 0.6 is 0 Å². The lowest BCUT2D eigenvalue weighted by molar-refractivity contribution is -0.189. The smallest absolute Gasteiger partial charge is 0.420 e. The van der Waals surface area contributed by atoms with Gasteiger partial charge < -0.3 is 25.0 Å². The second-order valence-electron chi connectivity index (χ2n) is 8.85. The number of esters is 1. The molecule has 1 aliphatic rings. The molecule has 0 spiro atoms. The van der Waals surface area contributed by atoms with Crippen molar-refractivity contribution in [1.82, 2.24) is 20.2 Å². The Hall–Kier alpha value is -4.03. The van der Waals surface area contributed by atoms with Gasteiger partial charge >= 0.3 is 12.1 Å². The lowest BCUT2D eigenvalue weighted by Gasteiger charge is -2.16. The van der Waals surface area contributed by atoms with E-state index in [9.17, 15) is 22.8 Å². The zero-order valence-electron chi connectivity index (χ0n) is 20.7. The van der Waals surface area contributed by atoms with Crippen LogP contribution in [0.1, 0.15) is 22.3 Å². The quantitative estimate of drug-likeness (QED) is 0.334. The Bertz CT molecular complexity index is 1300. The number of likely N-dealkylation sites (tertiary alicyclic amines) is 1. The highest BCUT2D eigenvalue weighted by molar-refractivity contribution is 5.95. The van der Waals surface area contributed by atoms with Crippen LogP contribution in [0.3, 0.4) is 0 Å². The molecule has 38 heavy (non-hydrogen) atoms. The molecule has 1 unspecified atom stereocenters. The molecule has 0 bridgehead atoms. The Morgan fingerprint density at radius 2 is 1.89 bits per heavy atom. The Kier molecular flexibility index (Phi) is 8.23. The summed E-state index contributed by atoms with van der Waals surface area (Å²) in [5, 5.41) is 6.24. The number of hydrogen-bond donors (Lipinski definition) is 2. The summed E-state index contributed by atoms with van der Waals surface area (Å²) in [5.41, 5.74) is 2.86. The Morgan fingerprint density at radius 1 is 1.13 bits per heavy atom. The number of anilines is 2. The van der Waals surface area contributed by atoms with Gasteiger partial charge in [0.2, 0.25) is 0 Å². The molecular weight excluding hydrogens is 503 g/mol. The molecule has 4 rings (SSSR count). The normalized spacial score (nSPS) is 15.8. The number of methoxy groups -OCH3 is 1. The van der Waals surface area contributed by atoms with Gasteiger partial charge in [-0.25, -0.2) is 9.78 Å². The number of alkyl halides is 3. The maximum absolute atomic E-state index is 12.9. The molecule has 2 aromatic carbocycles. The predicted molar refractivity (Wildman–Crippen MR) is 133 cm³/mol. The number of rotatable bonds is 8. The standard InChI is InChI=1S/C26H26F3N5O4/c1-34-10-9-19(14-34)31-24(35)17-3-4-18(15-37-2)21(11-17)32-23-13-30-12-22(33-23)16-5-7-20(8-6-16)38-25(36)26(27,28)29/h3-8,11-13,19H,9-10,14-15H2,1-2H3,(H,31,35)(H,32,33). The Morgan fingerprint density at radius 3 is 2.55 bits per heavy atom. The van der Waals surface area contributed by atoms with E-state index in [1.165, 1.54) is 36.7 Å². The van der Waals surface area contributed by atoms with Gasteiger partial charge in [-0.3, -0.25) is 9.78 Å². The molecular formula is C26H26F3N5O4. The molecule has 9 nitrogen and oxygen atoms in total. The van der Waals surface area contributed by atoms with Gasteiger partial charge in [0.15, 0.2) is 0 Å². The summed E-state index contributed by atoms with van der Waals surface area (Å²) in [5.74, 6) is -2.35. The number of nitrogens with one attached hydrogen (secondary N) is 2. The maximum atomic E-state index is 12.9. The number of carbonyl (C=O) groups is 2. The van der Waals surface area contributed by atoms with Crippen LogP contribution in [0.5, 0.6) is 5.75 Å². The predicted octanol–water partition coefficient (Wildman–Crippen LogP) is 3.94. The van der Waals surface area contributed by atoms with Gasteiger partial charge in [0, 0.05) is 42.1 Å². The number of benzene rings is 2. The van der Waals surface area contributed by atoms with Gasteiger partial charge in [-0.05, 0) is 56.4 Å². The van der Waals surface area contributed by atoms with Crippen LogP contribution in [0.15, 0.2) is 54.9 Å². The molecule has 3 aromatic rings. The van der Waals surface area contributed by atoms with E-state index >= 15 is 0 Å². The first-order chi connectivity index (χ1) is 18.1. The van der Waals surface area contributed by atoms with Crippen molar-refractivity contribution in [3.8, 4) is 17.0 Å². The van der Waals surface area contributed by atoms with Gasteiger partial charge in [-0.2, -0.15) is 13.2 Å². The first-order valence-electron chi connectivity index (χ1n) is 11.7. The van der Waals surface area contributed by atoms with Crippen molar-refractivity contribution >= 4 is 23.4 Å². The fourth-order valence-electron chi connectivity index (χ4n) is 4.00. The molecule has 1 saturated heterocycles. The molecule has 1 aromatic heterocycles. The van der Waals surface area contributed by atoms with Gasteiger partial charge in [0.1, 0.15) is 11.6 Å². The average Bonchev–Trinajstić information content (AvgIpc) is 3.29. The van der Waals surface area contributed by atoms with Crippen LogP contribution in [0.25, 0.3) is 11.3 Å². The van der Waals surface area contributed by atoms with Crippen molar-refractivity contribution in [2.24, 2.45) is 0 Å². The third-order valence-corrected chi connectivity index (χ3v) is 5.89. The summed E-state index contributed by atoms with van der Waals surface area (Å²) in [6, 6.07) is 10.8. The number of nitrogens with zero attached hydrogens (tertiary/aromatic N) is 3. The highest BCUT2D eigenvalue weighted by Gasteiger charge is 2.41. The molecule has 1 amide bonds. The Labute approximate surface area is 217 Å². The van der Waals surface area contributed by atoms with Gasteiger partial charge in [0.05, 0.1) is 24.7 Å². The van der Waals surface area contributed by atoms with E-state index < -0.39 is 12.1 Å². The van der Waals surface area contributed by atoms with Gasteiger partial charge in [-0.15, -0.1) is 0 Å². The fraction of sp³-hybridized carbons (Fsp3) is 0.308. The van der Waals surface area contributed by atoms with Gasteiger partial charge in [0.25, 0.3) is 5.91 Å². The molecule has 2 heterocycles. The van der Waals surface area contributed by atoms with Crippen molar-refractivity contribution in [3.63, 3.8) is 0 Å². The van der Waals surface area contributed by atoms with Crippen molar-refractivity contribution < 1.29 is 32.2 Å². The number of carbonyl (C=O) groups excluding carboxylic acids is 2. The van der Waals surface area contributed by atoms with E-state index in [0.29, 0.717) is 34.9 Å². The summed E-state index contributed by atoms with van der Waals surface area (Å²) >= 11 is 0. The SMILES string of the molecule is COCc1ccc(C(=O)NC2CCN(C)C2)cc1Nc1cncc(-c2ccc(OC(=O)C(F)(F)F)cc2)n1. The lowest BCUT2D eigenvalue weighted by atomic mass is 10.1. The molecule has 1 atom stereocenters. The first-order valence-corrected chi connectivity index (χ1v) is 11.7. The summed E-state index contributed by atoms with van der Waals surface area (Å²) in [6.45, 7) is 2.02. The maximum Gasteiger partial charge on any atom is 0.491 e. The second kappa shape index (κ2) is 11.6. The monoisotopic (exact) mass is 529 g/mol. The van der Waals surface area contributed by atoms with Gasteiger partial charge in [-0.1, -0.05) is 6.07 Å². The van der Waals surface area contributed by atoms with Crippen LogP contribution in [0.4, 0.5) is 24.7 Å². The molecule has 0 saturated carbocycles. The number of ether oxygens (including phenoxy) is 2. The van der Waals surface area contributed by atoms with Crippen molar-refractivity contribution in [1.29, 1.82) is 0 Å². The summed E-state index contributed by atoms with van der Waals surface area (Å²) < 4.78 is 46.9. The minimum absolute atomic E-state index is 0.0912. The van der Waals surface area contributed by atoms with E-state index in [0.717, 1.165) is 25.1 Å². The van der Waals surface area contributed by atoms with E-state index in [2.05, 4.69) is 30.2 Å². The third kappa shape index (κ3) is 6.84. The zero-order valence-corrected chi connectivity index (χ0v) is 20.7. The number of hydrogen-bond acceptors (Lipinski definition) is 8. The zero-order chi connectivity index (χ0) is 27.3. The van der Waals surface area contributed by atoms with Crippen molar-refractivity contribution in [2.75, 3.05) is 32.6 Å². The van der Waals surface area contributed by atoms with E-state index in [-0.39, 0.29) is 17.7 Å². The summed E-state index contributed by atoms with van der Waals surface area (Å²) in [6.07, 6.45) is -1.21. The summed E-state index contributed by atoms with van der Waals surface area (Å²) in [7, 11) is 3.58. The van der Waals surface area contributed by atoms with E-state index in [1.807, 2.05) is 7.05 Å². The van der Waals surface area contributed by atoms with Crippen LogP contribution < -0.4 is 15.4 Å². The topological polar surface area (TPSA) is 106 Å². The molecule has 1 fully saturated rings. The van der Waals surface area contributed by atoms with Crippen LogP contribution in [0, 0.1) is 0 Å². The minimum atomic E-state index is -5.09. The molecule has 0 radical (unpaired) electrons. The third-order valence-electron chi connectivity index (χ3n) is 5.89. The highest BCUT2D eigenvalue weighted by Crippen LogP contribution is 2.26. The van der Waals surface area contributed by atoms with Crippen LogP contribution in [0.2, 0.25) is 0 Å². The summed E-state index contributed by atoms with van der Waals surface area (Å²) in [4.78, 5) is 34.8. The number of likely N-dealkylation sites (N-methyl/N-ethyl adjacent to an activating group) is 1. The van der Waals surface area contributed by atoms with E-state index in [1.54, 1.807) is 25.3 Å². The van der Waals surface area contributed by atoms with Crippen molar-refractivity contribution in [3.05, 3.63) is 66.0 Å². The largest absolute Gasteiger partial charge is 0.491 e. The van der Waals surface area contributed by atoms with E-state index in [4.69, 9.17) is 4.74 Å². The number of aromatic nitrogens is 2. The molecule has 2 N–H and O–H groups in total. The second-order valence-corrected chi connectivity index (χ2v) is 8.85. The van der Waals surface area contributed by atoms with Crippen LogP contribution in [-0.4, -0.2) is 66.2 Å². The number of halogens is 3. The van der Waals surface area contributed by atoms with Crippen molar-refractivity contribution in [2.45, 2.75) is 25.2 Å². The van der Waals surface area contributed by atoms with Crippen LogP contribution in [-0.2, 0) is 16.1 Å². The average molecular weight is 530 g/mol.